The van der Waals surface area contributed by atoms with Crippen molar-refractivity contribution in [2.24, 2.45) is 0 Å². The molecule has 1 N–H and O–H groups in total. The molecule has 1 unspecified atom stereocenters. The van der Waals surface area contributed by atoms with Gasteiger partial charge in [-0.2, -0.15) is 5.26 Å². The number of aromatic hydroxyl groups is 1. The van der Waals surface area contributed by atoms with E-state index in [1.54, 1.807) is 0 Å². The van der Waals surface area contributed by atoms with Crippen molar-refractivity contribution in [2.75, 3.05) is 6.54 Å². The molecule has 1 aromatic rings. The molecule has 1 aromatic carbocycles. The van der Waals surface area contributed by atoms with Gasteiger partial charge in [0.1, 0.15) is 11.8 Å². The molecule has 0 spiro atoms. The number of likely N-dealkylation sites (tertiary alicyclic amines) is 1. The summed E-state index contributed by atoms with van der Waals surface area (Å²) in [7, 11) is 0. The van der Waals surface area contributed by atoms with Crippen LogP contribution in [0, 0.1) is 11.3 Å². The quantitative estimate of drug-likeness (QED) is 0.848. The molecule has 0 aromatic heterocycles. The number of carbonyl (C=O) groups excluding carboxylic acids is 1. The van der Waals surface area contributed by atoms with E-state index in [-0.39, 0.29) is 17.2 Å². The van der Waals surface area contributed by atoms with Crippen molar-refractivity contribution in [3.8, 4) is 11.8 Å². The van der Waals surface area contributed by atoms with Gasteiger partial charge in [0.2, 0.25) is 0 Å². The molecule has 0 aliphatic carbocycles. The van der Waals surface area contributed by atoms with Crippen LogP contribution in [0.25, 0.3) is 0 Å². The van der Waals surface area contributed by atoms with Crippen molar-refractivity contribution in [1.82, 2.24) is 4.90 Å². The monoisotopic (exact) mass is 264 g/mol. The molecule has 0 saturated carbocycles. The fourth-order valence-corrected chi connectivity index (χ4v) is 2.34. The Bertz CT molecular complexity index is 510. The number of amides is 1. The highest BCUT2D eigenvalue weighted by molar-refractivity contribution is 6.33. The molecule has 1 atom stereocenters. The number of benzene rings is 1. The van der Waals surface area contributed by atoms with E-state index in [2.05, 4.69) is 6.07 Å². The average molecular weight is 265 g/mol. The molecular formula is C13H13ClN2O2. The Labute approximate surface area is 110 Å². The Balaban J connectivity index is 2.30. The second-order valence-electron chi connectivity index (χ2n) is 4.30. The van der Waals surface area contributed by atoms with Crippen LogP contribution in [0.1, 0.15) is 29.6 Å². The molecular weight excluding hydrogens is 252 g/mol. The molecule has 0 bridgehead atoms. The fraction of sp³-hybridized carbons (Fsp3) is 0.385. The van der Waals surface area contributed by atoms with Crippen LogP contribution >= 0.6 is 11.6 Å². The zero-order valence-electron chi connectivity index (χ0n) is 9.77. The van der Waals surface area contributed by atoms with Gasteiger partial charge in [-0.3, -0.25) is 4.79 Å². The maximum atomic E-state index is 12.3. The van der Waals surface area contributed by atoms with Gasteiger partial charge in [-0.05, 0) is 37.5 Å². The first-order valence-corrected chi connectivity index (χ1v) is 6.20. The number of halogens is 1. The number of phenols is 1. The largest absolute Gasteiger partial charge is 0.508 e. The van der Waals surface area contributed by atoms with Gasteiger partial charge in [-0.25, -0.2) is 0 Å². The minimum absolute atomic E-state index is 0.00623. The van der Waals surface area contributed by atoms with Crippen molar-refractivity contribution in [1.29, 1.82) is 5.26 Å². The van der Waals surface area contributed by atoms with Crippen molar-refractivity contribution in [3.63, 3.8) is 0 Å². The summed E-state index contributed by atoms with van der Waals surface area (Å²) in [5.74, 6) is -0.296. The van der Waals surface area contributed by atoms with Crippen LogP contribution in [0.15, 0.2) is 18.2 Å². The number of rotatable bonds is 1. The SMILES string of the molecule is N#CC1CCCCN1C(=O)c1cc(O)ccc1Cl. The molecule has 4 nitrogen and oxygen atoms in total. The van der Waals surface area contributed by atoms with Crippen molar-refractivity contribution in [2.45, 2.75) is 25.3 Å². The van der Waals surface area contributed by atoms with Gasteiger partial charge < -0.3 is 10.0 Å². The molecule has 2 rings (SSSR count). The fourth-order valence-electron chi connectivity index (χ4n) is 2.14. The first kappa shape index (κ1) is 12.7. The Hall–Kier alpha value is -1.73. The van der Waals surface area contributed by atoms with Crippen molar-refractivity contribution in [3.05, 3.63) is 28.8 Å². The summed E-state index contributed by atoms with van der Waals surface area (Å²) in [6, 6.07) is 5.99. The standard InChI is InChI=1S/C13H13ClN2O2/c14-12-5-4-10(17)7-11(12)13(18)16-6-2-1-3-9(16)8-15/h4-5,7,9,17H,1-3,6H2. The third-order valence-corrected chi connectivity index (χ3v) is 3.42. The first-order valence-electron chi connectivity index (χ1n) is 5.82. The number of nitriles is 1. The number of phenolic OH excluding ortho intramolecular Hbond substituents is 1. The van der Waals surface area contributed by atoms with Gasteiger partial charge in [-0.15, -0.1) is 0 Å². The van der Waals surface area contributed by atoms with Gasteiger partial charge in [0.25, 0.3) is 5.91 Å². The van der Waals surface area contributed by atoms with E-state index in [0.29, 0.717) is 18.0 Å². The normalized spacial score (nSPS) is 19.3. The average Bonchev–Trinajstić information content (AvgIpc) is 2.40. The van der Waals surface area contributed by atoms with Gasteiger partial charge in [0, 0.05) is 6.54 Å². The summed E-state index contributed by atoms with van der Waals surface area (Å²) in [5, 5.41) is 18.8. The van der Waals surface area contributed by atoms with Gasteiger partial charge in [0.15, 0.2) is 0 Å². The van der Waals surface area contributed by atoms with E-state index in [1.807, 2.05) is 0 Å². The first-order chi connectivity index (χ1) is 8.63. The van der Waals surface area contributed by atoms with Crippen molar-refractivity contribution >= 4 is 17.5 Å². The van der Waals surface area contributed by atoms with Crippen LogP contribution in [-0.4, -0.2) is 28.5 Å². The number of hydrogen-bond donors (Lipinski definition) is 1. The van der Waals surface area contributed by atoms with Crippen LogP contribution in [0.2, 0.25) is 5.02 Å². The zero-order chi connectivity index (χ0) is 13.1. The van der Waals surface area contributed by atoms with E-state index < -0.39 is 6.04 Å². The molecule has 1 fully saturated rings. The lowest BCUT2D eigenvalue weighted by atomic mass is 10.0. The molecule has 18 heavy (non-hydrogen) atoms. The van der Waals surface area contributed by atoms with E-state index in [4.69, 9.17) is 16.9 Å². The highest BCUT2D eigenvalue weighted by Gasteiger charge is 2.28. The van der Waals surface area contributed by atoms with Crippen LogP contribution in [0.4, 0.5) is 0 Å². The summed E-state index contributed by atoms with van der Waals surface area (Å²) >= 11 is 5.96. The summed E-state index contributed by atoms with van der Waals surface area (Å²) in [5.41, 5.74) is 0.249. The van der Waals surface area contributed by atoms with Crippen LogP contribution in [-0.2, 0) is 0 Å². The molecule has 1 amide bonds. The summed E-state index contributed by atoms with van der Waals surface area (Å²) in [4.78, 5) is 13.9. The van der Waals surface area contributed by atoms with E-state index in [9.17, 15) is 9.90 Å². The minimum atomic E-state index is -0.398. The lowest BCUT2D eigenvalue weighted by molar-refractivity contribution is 0.0670. The Morgan fingerprint density at radius 3 is 3.00 bits per heavy atom. The van der Waals surface area contributed by atoms with Crippen LogP contribution in [0.5, 0.6) is 5.75 Å². The zero-order valence-corrected chi connectivity index (χ0v) is 10.5. The lowest BCUT2D eigenvalue weighted by Gasteiger charge is -2.31. The molecule has 94 valence electrons. The van der Waals surface area contributed by atoms with E-state index in [0.717, 1.165) is 12.8 Å². The molecule has 5 heteroatoms. The third-order valence-electron chi connectivity index (χ3n) is 3.09. The van der Waals surface area contributed by atoms with E-state index in [1.165, 1.54) is 23.1 Å². The second-order valence-corrected chi connectivity index (χ2v) is 4.71. The summed E-state index contributed by atoms with van der Waals surface area (Å²) in [6.07, 6.45) is 2.54. The number of carbonyl (C=O) groups is 1. The highest BCUT2D eigenvalue weighted by Crippen LogP contribution is 2.25. The maximum Gasteiger partial charge on any atom is 0.256 e. The highest BCUT2D eigenvalue weighted by atomic mass is 35.5. The number of piperidine rings is 1. The van der Waals surface area contributed by atoms with Gasteiger partial charge >= 0.3 is 0 Å². The van der Waals surface area contributed by atoms with Crippen molar-refractivity contribution < 1.29 is 9.90 Å². The predicted octanol–water partition coefficient (Wildman–Crippen LogP) is 2.56. The third kappa shape index (κ3) is 2.41. The number of nitrogens with zero attached hydrogens (tertiary/aromatic N) is 2. The molecule has 1 heterocycles. The molecule has 1 aliphatic heterocycles. The topological polar surface area (TPSA) is 64.3 Å². The Morgan fingerprint density at radius 1 is 1.50 bits per heavy atom. The molecule has 0 radical (unpaired) electrons. The minimum Gasteiger partial charge on any atom is -0.508 e. The number of hydrogen-bond acceptors (Lipinski definition) is 3. The second kappa shape index (κ2) is 5.28. The van der Waals surface area contributed by atoms with Gasteiger partial charge in [-0.1, -0.05) is 11.6 Å². The smallest absolute Gasteiger partial charge is 0.256 e. The molecule has 1 aliphatic rings. The summed E-state index contributed by atoms with van der Waals surface area (Å²) < 4.78 is 0. The van der Waals surface area contributed by atoms with Crippen LogP contribution < -0.4 is 0 Å². The van der Waals surface area contributed by atoms with Gasteiger partial charge in [0.05, 0.1) is 16.7 Å². The summed E-state index contributed by atoms with van der Waals surface area (Å²) in [6.45, 7) is 0.559. The van der Waals surface area contributed by atoms with Crippen LogP contribution in [0.3, 0.4) is 0 Å². The predicted molar refractivity (Wildman–Crippen MR) is 67.4 cm³/mol. The molecule has 1 saturated heterocycles. The maximum absolute atomic E-state index is 12.3. The Morgan fingerprint density at radius 2 is 2.28 bits per heavy atom. The Kier molecular flexibility index (Phi) is 3.73. The lowest BCUT2D eigenvalue weighted by Crippen LogP contribution is -2.43. The van der Waals surface area contributed by atoms with E-state index >= 15 is 0 Å².